The summed E-state index contributed by atoms with van der Waals surface area (Å²) in [7, 11) is 1.31. The fourth-order valence-electron chi connectivity index (χ4n) is 5.10. The zero-order chi connectivity index (χ0) is 21.6. The molecular weight excluding hydrogens is 402 g/mol. The fourth-order valence-corrected chi connectivity index (χ4v) is 6.06. The van der Waals surface area contributed by atoms with Crippen molar-refractivity contribution in [2.45, 2.75) is 33.1 Å². The number of nitrogens with one attached hydrogen (secondary N) is 1. The molecule has 4 rings (SSSR count). The van der Waals surface area contributed by atoms with Crippen LogP contribution < -0.4 is 5.32 Å². The third-order valence-corrected chi connectivity index (χ3v) is 7.63. The Morgan fingerprint density at radius 1 is 1.10 bits per heavy atom. The van der Waals surface area contributed by atoms with Crippen molar-refractivity contribution in [1.82, 2.24) is 0 Å². The maximum absolute atomic E-state index is 13.1. The summed E-state index contributed by atoms with van der Waals surface area (Å²) in [6, 6.07) is 5.94. The molecule has 1 aromatic carbocycles. The van der Waals surface area contributed by atoms with Gasteiger partial charge in [0.2, 0.25) is 5.91 Å². The Balaban J connectivity index is 1.67. The number of methoxy groups -OCH3 is 1. The minimum Gasteiger partial charge on any atom is -0.481 e. The number of carboxylic acid groups (broad SMARTS) is 1. The van der Waals surface area contributed by atoms with Crippen molar-refractivity contribution < 1.29 is 24.2 Å². The molecule has 1 aromatic heterocycles. The van der Waals surface area contributed by atoms with Gasteiger partial charge in [0.25, 0.3) is 0 Å². The van der Waals surface area contributed by atoms with Crippen molar-refractivity contribution in [2.24, 2.45) is 23.7 Å². The van der Waals surface area contributed by atoms with Crippen molar-refractivity contribution in [1.29, 1.82) is 0 Å². The molecule has 0 saturated heterocycles. The Morgan fingerprint density at radius 2 is 1.80 bits per heavy atom. The first-order chi connectivity index (χ1) is 14.3. The highest BCUT2D eigenvalue weighted by atomic mass is 32.1. The van der Waals surface area contributed by atoms with E-state index in [9.17, 15) is 19.5 Å². The van der Waals surface area contributed by atoms with Crippen LogP contribution in [0.3, 0.4) is 0 Å². The molecule has 0 aliphatic heterocycles. The highest BCUT2D eigenvalue weighted by Crippen LogP contribution is 2.53. The summed E-state index contributed by atoms with van der Waals surface area (Å²) in [5.41, 5.74) is 4.14. The number of aryl methyl sites for hydroxylation is 2. The number of benzene rings is 1. The van der Waals surface area contributed by atoms with Gasteiger partial charge in [0, 0.05) is 10.9 Å². The molecule has 2 aromatic rings. The summed E-state index contributed by atoms with van der Waals surface area (Å²) < 4.78 is 4.99. The van der Waals surface area contributed by atoms with Crippen molar-refractivity contribution in [3.63, 3.8) is 0 Å². The molecule has 30 heavy (non-hydrogen) atoms. The number of aliphatic carboxylic acids is 1. The molecule has 0 radical (unpaired) electrons. The third kappa shape index (κ3) is 3.41. The monoisotopic (exact) mass is 427 g/mol. The number of anilines is 1. The topological polar surface area (TPSA) is 92.7 Å². The lowest BCUT2D eigenvalue weighted by molar-refractivity contribution is -0.148. The Kier molecular flexibility index (Phi) is 5.40. The molecule has 2 aliphatic carbocycles. The third-order valence-electron chi connectivity index (χ3n) is 6.74. The molecule has 1 heterocycles. The van der Waals surface area contributed by atoms with Crippen molar-refractivity contribution in [2.75, 3.05) is 12.4 Å². The molecule has 4 atom stereocenters. The van der Waals surface area contributed by atoms with Crippen LogP contribution in [0.15, 0.2) is 23.6 Å². The number of esters is 1. The number of carbonyl (C=O) groups is 3. The predicted molar refractivity (Wildman–Crippen MR) is 115 cm³/mol. The summed E-state index contributed by atoms with van der Waals surface area (Å²) in [6.07, 6.45) is 2.54. The van der Waals surface area contributed by atoms with Gasteiger partial charge in [-0.05, 0) is 61.6 Å². The van der Waals surface area contributed by atoms with E-state index in [1.54, 1.807) is 0 Å². The fraction of sp³-hybridized carbons (Fsp3) is 0.435. The zero-order valence-corrected chi connectivity index (χ0v) is 18.0. The molecule has 7 heteroatoms. The first-order valence-corrected chi connectivity index (χ1v) is 11.0. The van der Waals surface area contributed by atoms with Crippen LogP contribution in [0, 0.1) is 37.5 Å². The number of carbonyl (C=O) groups excluding carboxylic acids is 2. The molecular formula is C23H25NO5S. The van der Waals surface area contributed by atoms with E-state index in [0.29, 0.717) is 16.1 Å². The van der Waals surface area contributed by atoms with Gasteiger partial charge in [0.15, 0.2) is 0 Å². The van der Waals surface area contributed by atoms with Gasteiger partial charge in [0.1, 0.15) is 10.6 Å². The zero-order valence-electron chi connectivity index (χ0n) is 17.2. The summed E-state index contributed by atoms with van der Waals surface area (Å²) in [5, 5.41) is 14.8. The van der Waals surface area contributed by atoms with Crippen LogP contribution in [0.25, 0.3) is 11.1 Å². The smallest absolute Gasteiger partial charge is 0.341 e. The van der Waals surface area contributed by atoms with Crippen LogP contribution in [0.1, 0.15) is 40.7 Å². The molecule has 1 amide bonds. The van der Waals surface area contributed by atoms with Gasteiger partial charge in [0.05, 0.1) is 18.9 Å². The van der Waals surface area contributed by atoms with Crippen molar-refractivity contribution in [3.05, 3.63) is 40.3 Å². The van der Waals surface area contributed by atoms with Crippen LogP contribution in [-0.4, -0.2) is 30.1 Å². The second-order valence-corrected chi connectivity index (χ2v) is 9.24. The van der Waals surface area contributed by atoms with E-state index in [4.69, 9.17) is 4.74 Å². The first kappa shape index (κ1) is 20.6. The lowest BCUT2D eigenvalue weighted by Crippen LogP contribution is -2.37. The number of ether oxygens (including phenoxy) is 1. The number of thiophene rings is 1. The SMILES string of the molecule is COC(=O)c1c(-c2ccc(C)c(C)c2)csc1NC(=O)[C@@H]1[C@H]2CC[C@@H](C2)[C@@H]1C(=O)O. The molecule has 0 spiro atoms. The van der Waals surface area contributed by atoms with Crippen LogP contribution in [0.4, 0.5) is 5.00 Å². The van der Waals surface area contributed by atoms with Gasteiger partial charge in [-0.2, -0.15) is 0 Å². The van der Waals surface area contributed by atoms with Gasteiger partial charge in [-0.25, -0.2) is 4.79 Å². The molecule has 0 unspecified atom stereocenters. The summed E-state index contributed by atoms with van der Waals surface area (Å²) in [4.78, 5) is 37.5. The molecule has 2 bridgehead atoms. The minimum atomic E-state index is -0.905. The highest BCUT2D eigenvalue weighted by Gasteiger charge is 2.54. The second-order valence-electron chi connectivity index (χ2n) is 8.36. The summed E-state index contributed by atoms with van der Waals surface area (Å²) >= 11 is 1.26. The van der Waals surface area contributed by atoms with Crippen molar-refractivity contribution >= 4 is 34.2 Å². The van der Waals surface area contributed by atoms with E-state index in [1.165, 1.54) is 18.4 Å². The number of amides is 1. The Bertz CT molecular complexity index is 1030. The van der Waals surface area contributed by atoms with Gasteiger partial charge < -0.3 is 15.2 Å². The van der Waals surface area contributed by atoms with E-state index >= 15 is 0 Å². The van der Waals surface area contributed by atoms with Crippen LogP contribution in [-0.2, 0) is 14.3 Å². The van der Waals surface area contributed by atoms with Gasteiger partial charge >= 0.3 is 11.9 Å². The minimum absolute atomic E-state index is 0.0674. The first-order valence-electron chi connectivity index (χ1n) is 10.1. The molecule has 2 saturated carbocycles. The number of hydrogen-bond acceptors (Lipinski definition) is 5. The quantitative estimate of drug-likeness (QED) is 0.685. The van der Waals surface area contributed by atoms with E-state index in [-0.39, 0.29) is 17.7 Å². The lowest BCUT2D eigenvalue weighted by atomic mass is 9.78. The second kappa shape index (κ2) is 7.87. The highest BCUT2D eigenvalue weighted by molar-refractivity contribution is 7.15. The maximum Gasteiger partial charge on any atom is 0.341 e. The van der Waals surface area contributed by atoms with E-state index in [2.05, 4.69) is 5.32 Å². The predicted octanol–water partition coefficient (Wildman–Crippen LogP) is 4.50. The van der Waals surface area contributed by atoms with Gasteiger partial charge in [-0.1, -0.05) is 18.2 Å². The van der Waals surface area contributed by atoms with Crippen LogP contribution in [0.5, 0.6) is 0 Å². The van der Waals surface area contributed by atoms with E-state index in [0.717, 1.165) is 36.0 Å². The molecule has 2 aliphatic rings. The van der Waals surface area contributed by atoms with E-state index in [1.807, 2.05) is 37.4 Å². The van der Waals surface area contributed by atoms with Crippen LogP contribution in [0.2, 0.25) is 0 Å². The summed E-state index contributed by atoms with van der Waals surface area (Å²) in [5.74, 6) is -2.79. The summed E-state index contributed by atoms with van der Waals surface area (Å²) in [6.45, 7) is 4.03. The van der Waals surface area contributed by atoms with Crippen molar-refractivity contribution in [3.8, 4) is 11.1 Å². The molecule has 2 N–H and O–H groups in total. The molecule has 6 nitrogen and oxygen atoms in total. The normalized spacial score (nSPS) is 24.6. The lowest BCUT2D eigenvalue weighted by Gasteiger charge is -2.26. The van der Waals surface area contributed by atoms with Crippen LogP contribution >= 0.6 is 11.3 Å². The van der Waals surface area contributed by atoms with Gasteiger partial charge in [-0.15, -0.1) is 11.3 Å². The number of fused-ring (bicyclic) bond motifs is 2. The Hall–Kier alpha value is -2.67. The number of carboxylic acids is 1. The Labute approximate surface area is 179 Å². The number of rotatable bonds is 5. The largest absolute Gasteiger partial charge is 0.481 e. The van der Waals surface area contributed by atoms with E-state index < -0.39 is 23.8 Å². The average Bonchev–Trinajstić information content (AvgIpc) is 3.43. The standard InChI is InChI=1S/C23H25NO5S/c1-11-4-5-13(8-12(11)2)16-10-30-21(19(16)23(28)29-3)24-20(25)17-14-6-7-15(9-14)18(17)22(26)27/h4-5,8,10,14-15,17-18H,6-7,9H2,1-3H3,(H,24,25)(H,26,27)/t14-,15-,17+,18-/m0/s1. The van der Waals surface area contributed by atoms with Gasteiger partial charge in [-0.3, -0.25) is 9.59 Å². The average molecular weight is 428 g/mol. The maximum atomic E-state index is 13.1. The molecule has 2 fully saturated rings. The number of hydrogen-bond donors (Lipinski definition) is 2. The Morgan fingerprint density at radius 3 is 2.43 bits per heavy atom. The molecule has 158 valence electrons.